The number of ether oxygens (including phenoxy) is 2. The van der Waals surface area contributed by atoms with Gasteiger partial charge in [0.1, 0.15) is 10.8 Å². The van der Waals surface area contributed by atoms with Crippen LogP contribution in [0.25, 0.3) is 0 Å². The molecule has 1 fully saturated rings. The van der Waals surface area contributed by atoms with Crippen LogP contribution in [0.2, 0.25) is 0 Å². The first-order valence-corrected chi connectivity index (χ1v) is 12.7. The molecule has 1 amide bonds. The Kier molecular flexibility index (Phi) is 6.96. The molecular formula is C23H25N3O5S2. The molecule has 0 radical (unpaired) electrons. The van der Waals surface area contributed by atoms with Crippen LogP contribution in [-0.2, 0) is 16.6 Å². The maximum atomic E-state index is 13.1. The summed E-state index contributed by atoms with van der Waals surface area (Å²) in [6, 6.07) is 12.2. The summed E-state index contributed by atoms with van der Waals surface area (Å²) in [5.74, 6) is 0.827. The molecule has 8 nitrogen and oxygen atoms in total. The van der Waals surface area contributed by atoms with E-state index in [1.54, 1.807) is 54.7 Å². The molecule has 174 valence electrons. The minimum absolute atomic E-state index is 0.171. The van der Waals surface area contributed by atoms with E-state index in [0.717, 1.165) is 10.4 Å². The van der Waals surface area contributed by atoms with Crippen LogP contribution in [0, 0.1) is 6.92 Å². The van der Waals surface area contributed by atoms with E-state index >= 15 is 0 Å². The quantitative estimate of drug-likeness (QED) is 0.509. The lowest BCUT2D eigenvalue weighted by molar-refractivity contribution is 0.0697. The number of aromatic nitrogens is 1. The van der Waals surface area contributed by atoms with Crippen molar-refractivity contribution in [3.05, 3.63) is 70.9 Å². The van der Waals surface area contributed by atoms with Crippen LogP contribution >= 0.6 is 11.3 Å². The molecule has 0 aliphatic carbocycles. The number of carbonyl (C=O) groups is 1. The van der Waals surface area contributed by atoms with Gasteiger partial charge in [-0.15, -0.1) is 11.3 Å². The maximum absolute atomic E-state index is 13.1. The standard InChI is InChI=1S/C23H25N3O5S2/c1-17-3-6-22(32-17)33(28,29)26-13-11-25(12-14-26)23(27)19-4-5-20(30-2)21(15-19)31-16-18-7-9-24-10-8-18/h3-10,15H,11-14,16H2,1-2H3. The van der Waals surface area contributed by atoms with E-state index in [0.29, 0.717) is 41.0 Å². The smallest absolute Gasteiger partial charge is 0.254 e. The highest BCUT2D eigenvalue weighted by atomic mass is 32.2. The molecular weight excluding hydrogens is 462 g/mol. The number of piperazine rings is 1. The molecule has 1 aliphatic rings. The summed E-state index contributed by atoms with van der Waals surface area (Å²) in [5, 5.41) is 0. The third kappa shape index (κ3) is 5.18. The number of carbonyl (C=O) groups excluding carboxylic acids is 1. The van der Waals surface area contributed by atoms with Gasteiger partial charge in [0.2, 0.25) is 0 Å². The molecule has 0 saturated carbocycles. The molecule has 1 saturated heterocycles. The fourth-order valence-corrected chi connectivity index (χ4v) is 6.41. The molecule has 1 aromatic carbocycles. The largest absolute Gasteiger partial charge is 0.493 e. The summed E-state index contributed by atoms with van der Waals surface area (Å²) in [7, 11) is -1.98. The Hall–Kier alpha value is -2.95. The van der Waals surface area contributed by atoms with Crippen LogP contribution in [0.15, 0.2) is 59.1 Å². The fraction of sp³-hybridized carbons (Fsp3) is 0.304. The highest BCUT2D eigenvalue weighted by Gasteiger charge is 2.31. The average Bonchev–Trinajstić information content (AvgIpc) is 3.30. The van der Waals surface area contributed by atoms with Gasteiger partial charge in [0.15, 0.2) is 11.5 Å². The molecule has 2 aromatic heterocycles. The number of aryl methyl sites for hydroxylation is 1. The van der Waals surface area contributed by atoms with Gasteiger partial charge in [-0.2, -0.15) is 4.31 Å². The van der Waals surface area contributed by atoms with E-state index in [1.807, 2.05) is 19.1 Å². The lowest BCUT2D eigenvalue weighted by Crippen LogP contribution is -2.50. The van der Waals surface area contributed by atoms with E-state index in [4.69, 9.17) is 9.47 Å². The van der Waals surface area contributed by atoms with Crippen molar-refractivity contribution in [2.24, 2.45) is 0 Å². The summed E-state index contributed by atoms with van der Waals surface area (Å²) < 4.78 is 38.8. The Labute approximate surface area is 197 Å². The highest BCUT2D eigenvalue weighted by Crippen LogP contribution is 2.30. The predicted molar refractivity (Wildman–Crippen MR) is 125 cm³/mol. The number of rotatable bonds is 7. The highest BCUT2D eigenvalue weighted by molar-refractivity contribution is 7.91. The van der Waals surface area contributed by atoms with Crippen molar-refractivity contribution >= 4 is 27.3 Å². The van der Waals surface area contributed by atoms with Gasteiger partial charge < -0.3 is 14.4 Å². The Balaban J connectivity index is 1.43. The van der Waals surface area contributed by atoms with E-state index in [9.17, 15) is 13.2 Å². The van der Waals surface area contributed by atoms with Crippen molar-refractivity contribution in [3.8, 4) is 11.5 Å². The summed E-state index contributed by atoms with van der Waals surface area (Å²) in [6.07, 6.45) is 3.38. The van der Waals surface area contributed by atoms with Crippen LogP contribution in [-0.4, -0.2) is 61.8 Å². The van der Waals surface area contributed by atoms with Crippen molar-refractivity contribution in [2.45, 2.75) is 17.7 Å². The lowest BCUT2D eigenvalue weighted by Gasteiger charge is -2.33. The summed E-state index contributed by atoms with van der Waals surface area (Å²) >= 11 is 1.26. The first-order valence-electron chi connectivity index (χ1n) is 10.4. The zero-order valence-electron chi connectivity index (χ0n) is 18.4. The third-order valence-electron chi connectivity index (χ3n) is 5.39. The van der Waals surface area contributed by atoms with Crippen molar-refractivity contribution in [1.82, 2.24) is 14.2 Å². The monoisotopic (exact) mass is 487 g/mol. The van der Waals surface area contributed by atoms with Gasteiger partial charge in [-0.3, -0.25) is 9.78 Å². The average molecular weight is 488 g/mol. The number of benzene rings is 1. The number of amides is 1. The Morgan fingerprint density at radius 1 is 1.03 bits per heavy atom. The first kappa shape index (κ1) is 23.2. The molecule has 4 rings (SSSR count). The molecule has 0 bridgehead atoms. The van der Waals surface area contributed by atoms with Gasteiger partial charge >= 0.3 is 0 Å². The minimum Gasteiger partial charge on any atom is -0.493 e. The second-order valence-corrected chi connectivity index (χ2v) is 11.0. The van der Waals surface area contributed by atoms with Crippen LogP contribution in [0.5, 0.6) is 11.5 Å². The molecule has 33 heavy (non-hydrogen) atoms. The molecule has 0 spiro atoms. The van der Waals surface area contributed by atoms with Gasteiger partial charge in [-0.25, -0.2) is 8.42 Å². The molecule has 0 atom stereocenters. The van der Waals surface area contributed by atoms with Crippen molar-refractivity contribution in [1.29, 1.82) is 0 Å². The topological polar surface area (TPSA) is 89.0 Å². The SMILES string of the molecule is COc1ccc(C(=O)N2CCN(S(=O)(=O)c3ccc(C)s3)CC2)cc1OCc1ccncc1. The van der Waals surface area contributed by atoms with E-state index in [-0.39, 0.29) is 19.0 Å². The fourth-order valence-electron chi connectivity index (χ4n) is 3.55. The molecule has 10 heteroatoms. The zero-order valence-corrected chi connectivity index (χ0v) is 20.1. The summed E-state index contributed by atoms with van der Waals surface area (Å²) in [4.78, 5) is 19.7. The number of hydrogen-bond donors (Lipinski definition) is 0. The Morgan fingerprint density at radius 2 is 1.76 bits per heavy atom. The van der Waals surface area contributed by atoms with Gasteiger partial charge in [0, 0.05) is 49.0 Å². The van der Waals surface area contributed by atoms with Gasteiger partial charge in [-0.1, -0.05) is 0 Å². The van der Waals surface area contributed by atoms with E-state index in [1.165, 1.54) is 15.6 Å². The lowest BCUT2D eigenvalue weighted by atomic mass is 10.1. The van der Waals surface area contributed by atoms with Crippen LogP contribution in [0.4, 0.5) is 0 Å². The molecule has 3 heterocycles. The Bertz CT molecular complexity index is 1220. The number of pyridine rings is 1. The van der Waals surface area contributed by atoms with Crippen molar-refractivity contribution in [3.63, 3.8) is 0 Å². The van der Waals surface area contributed by atoms with Gasteiger partial charge in [0.05, 0.1) is 7.11 Å². The molecule has 1 aliphatic heterocycles. The molecule has 0 N–H and O–H groups in total. The number of thiophene rings is 1. The van der Waals surface area contributed by atoms with E-state index < -0.39 is 10.0 Å². The number of sulfonamides is 1. The summed E-state index contributed by atoms with van der Waals surface area (Å²) in [5.41, 5.74) is 1.41. The summed E-state index contributed by atoms with van der Waals surface area (Å²) in [6.45, 7) is 3.35. The predicted octanol–water partition coefficient (Wildman–Crippen LogP) is 3.19. The first-order chi connectivity index (χ1) is 15.9. The molecule has 3 aromatic rings. The normalized spacial score (nSPS) is 14.8. The van der Waals surface area contributed by atoms with Crippen LogP contribution in [0.3, 0.4) is 0 Å². The van der Waals surface area contributed by atoms with Gasteiger partial charge in [-0.05, 0) is 55.0 Å². The van der Waals surface area contributed by atoms with E-state index in [2.05, 4.69) is 4.98 Å². The maximum Gasteiger partial charge on any atom is 0.254 e. The number of methoxy groups -OCH3 is 1. The van der Waals surface area contributed by atoms with Crippen LogP contribution < -0.4 is 9.47 Å². The number of hydrogen-bond acceptors (Lipinski definition) is 7. The third-order valence-corrected chi connectivity index (χ3v) is 8.76. The second kappa shape index (κ2) is 9.90. The van der Waals surface area contributed by atoms with Crippen LogP contribution in [0.1, 0.15) is 20.8 Å². The Morgan fingerprint density at radius 3 is 2.39 bits per heavy atom. The van der Waals surface area contributed by atoms with Gasteiger partial charge in [0.25, 0.3) is 15.9 Å². The number of nitrogens with zero attached hydrogens (tertiary/aromatic N) is 3. The second-order valence-electron chi connectivity index (χ2n) is 7.57. The van der Waals surface area contributed by atoms with Crippen molar-refractivity contribution < 1.29 is 22.7 Å². The minimum atomic E-state index is -3.53. The van der Waals surface area contributed by atoms with Crippen molar-refractivity contribution in [2.75, 3.05) is 33.3 Å². The zero-order chi connectivity index (χ0) is 23.4. The molecule has 0 unspecified atom stereocenters.